The fourth-order valence-corrected chi connectivity index (χ4v) is 1.54. The third kappa shape index (κ3) is 1.87. The fraction of sp³-hybridized carbons (Fsp3) is 0. The smallest absolute Gasteiger partial charge is 0.335 e. The molecule has 0 bridgehead atoms. The molecule has 0 aliphatic carbocycles. The Morgan fingerprint density at radius 1 is 1.18 bits per heavy atom. The molecule has 0 amide bonds. The van der Waals surface area contributed by atoms with Crippen LogP contribution in [0.5, 0.6) is 5.75 Å². The highest BCUT2D eigenvalue weighted by Crippen LogP contribution is 2.26. The van der Waals surface area contributed by atoms with Gasteiger partial charge in [-0.1, -0.05) is 11.8 Å². The molecule has 0 aliphatic rings. The van der Waals surface area contributed by atoms with Crippen molar-refractivity contribution in [3.05, 3.63) is 46.0 Å². The van der Waals surface area contributed by atoms with Crippen molar-refractivity contribution in [3.8, 4) is 5.75 Å². The van der Waals surface area contributed by atoms with Crippen LogP contribution < -0.4 is 5.11 Å². The Morgan fingerprint density at radius 2 is 1.88 bits per heavy atom. The topological polar surface area (TPSA) is 104 Å². The maximum atomic E-state index is 11.4. The lowest BCUT2D eigenvalue weighted by molar-refractivity contribution is -0.384. The highest BCUT2D eigenvalue weighted by Gasteiger charge is 2.09. The van der Waals surface area contributed by atoms with E-state index in [-0.39, 0.29) is 5.69 Å². The number of benzene rings is 2. The van der Waals surface area contributed by atoms with E-state index in [0.29, 0.717) is 10.8 Å². The van der Waals surface area contributed by atoms with Crippen LogP contribution in [0.4, 0.5) is 5.69 Å². The van der Waals surface area contributed by atoms with E-state index in [1.807, 2.05) is 0 Å². The van der Waals surface area contributed by atoms with Gasteiger partial charge in [-0.05, 0) is 22.9 Å². The lowest BCUT2D eigenvalue weighted by atomic mass is 10.1. The van der Waals surface area contributed by atoms with Gasteiger partial charge in [0.1, 0.15) is 0 Å². The first kappa shape index (κ1) is 10.9. The Labute approximate surface area is 94.9 Å². The monoisotopic (exact) mass is 232 g/mol. The number of hydrogen-bond donors (Lipinski definition) is 1. The maximum absolute atomic E-state index is 11.4. The Morgan fingerprint density at radius 3 is 2.47 bits per heavy atom. The van der Waals surface area contributed by atoms with Crippen LogP contribution in [-0.4, -0.2) is 16.0 Å². The molecule has 0 aliphatic heterocycles. The zero-order valence-electron chi connectivity index (χ0n) is 8.41. The summed E-state index contributed by atoms with van der Waals surface area (Å²) in [5.41, 5.74) is -0.537. The van der Waals surface area contributed by atoms with Gasteiger partial charge in [-0.15, -0.1) is 0 Å². The van der Waals surface area contributed by atoms with Gasteiger partial charge in [0.25, 0.3) is 5.69 Å². The van der Waals surface area contributed by atoms with Crippen molar-refractivity contribution in [2.45, 2.75) is 0 Å². The van der Waals surface area contributed by atoms with Gasteiger partial charge in [0.15, 0.2) is 0 Å². The highest BCUT2D eigenvalue weighted by atomic mass is 16.6. The van der Waals surface area contributed by atoms with Gasteiger partial charge in [-0.2, -0.15) is 0 Å². The number of carboxylic acid groups (broad SMARTS) is 1. The summed E-state index contributed by atoms with van der Waals surface area (Å²) in [6, 6.07) is 6.22. The molecule has 86 valence electrons. The van der Waals surface area contributed by atoms with Crippen LogP contribution in [0.25, 0.3) is 10.8 Å². The summed E-state index contributed by atoms with van der Waals surface area (Å²) in [5.74, 6) is -1.96. The standard InChI is InChI=1S/C11H7NO5/c13-10-5-6-1-2-8(12(16)17)3-7(6)4-9(10)11(14)15/h1-5,13H,(H,14,15)/p-1. The molecule has 17 heavy (non-hydrogen) atoms. The van der Waals surface area contributed by atoms with E-state index >= 15 is 0 Å². The lowest BCUT2D eigenvalue weighted by Gasteiger charge is -2.11. The van der Waals surface area contributed by atoms with Crippen molar-refractivity contribution in [1.29, 1.82) is 0 Å². The number of aromatic carboxylic acids is 1. The summed E-state index contributed by atoms with van der Waals surface area (Å²) < 4.78 is 0. The third-order valence-electron chi connectivity index (χ3n) is 2.36. The number of nitro benzene ring substituents is 1. The molecule has 0 saturated carbocycles. The largest absolute Gasteiger partial charge is 0.872 e. The van der Waals surface area contributed by atoms with E-state index in [4.69, 9.17) is 5.11 Å². The summed E-state index contributed by atoms with van der Waals surface area (Å²) in [4.78, 5) is 20.7. The van der Waals surface area contributed by atoms with Crippen LogP contribution in [0.2, 0.25) is 0 Å². The van der Waals surface area contributed by atoms with E-state index in [0.717, 1.165) is 12.1 Å². The number of nitrogens with zero attached hydrogens (tertiary/aromatic N) is 1. The van der Waals surface area contributed by atoms with Crippen LogP contribution in [0.1, 0.15) is 10.4 Å². The molecule has 0 radical (unpaired) electrons. The zero-order valence-corrected chi connectivity index (χ0v) is 8.41. The summed E-state index contributed by atoms with van der Waals surface area (Å²) in [5, 5.41) is 31.5. The van der Waals surface area contributed by atoms with Crippen molar-refractivity contribution in [1.82, 2.24) is 0 Å². The Kier molecular flexibility index (Phi) is 2.40. The second-order valence-electron chi connectivity index (χ2n) is 3.44. The highest BCUT2D eigenvalue weighted by molar-refractivity contribution is 5.97. The molecule has 0 heterocycles. The number of carboxylic acids is 1. The van der Waals surface area contributed by atoms with Gasteiger partial charge in [-0.3, -0.25) is 10.1 Å². The van der Waals surface area contributed by atoms with E-state index in [1.165, 1.54) is 18.2 Å². The summed E-state index contributed by atoms with van der Waals surface area (Å²) in [6.07, 6.45) is 0. The first-order chi connectivity index (χ1) is 7.99. The third-order valence-corrected chi connectivity index (χ3v) is 2.36. The molecule has 0 fully saturated rings. The molecular weight excluding hydrogens is 226 g/mol. The number of non-ortho nitro benzene ring substituents is 1. The van der Waals surface area contributed by atoms with Crippen molar-refractivity contribution in [3.63, 3.8) is 0 Å². The van der Waals surface area contributed by atoms with Crippen LogP contribution in [0, 0.1) is 10.1 Å². The Balaban J connectivity index is 2.72. The van der Waals surface area contributed by atoms with Gasteiger partial charge in [0.2, 0.25) is 0 Å². The summed E-state index contributed by atoms with van der Waals surface area (Å²) in [6.45, 7) is 0. The van der Waals surface area contributed by atoms with Gasteiger partial charge in [0.05, 0.1) is 10.5 Å². The summed E-state index contributed by atoms with van der Waals surface area (Å²) in [7, 11) is 0. The van der Waals surface area contributed by atoms with E-state index < -0.39 is 22.2 Å². The minimum Gasteiger partial charge on any atom is -0.872 e. The number of nitro groups is 1. The molecule has 2 aromatic rings. The average Bonchev–Trinajstić information content (AvgIpc) is 2.27. The fourth-order valence-electron chi connectivity index (χ4n) is 1.54. The molecule has 0 unspecified atom stereocenters. The second kappa shape index (κ2) is 3.75. The number of carbonyl (C=O) groups is 1. The molecule has 0 spiro atoms. The predicted molar refractivity (Wildman–Crippen MR) is 57.0 cm³/mol. The van der Waals surface area contributed by atoms with Gasteiger partial charge in [0, 0.05) is 12.1 Å². The first-order valence-corrected chi connectivity index (χ1v) is 4.61. The van der Waals surface area contributed by atoms with Crippen LogP contribution in [0.15, 0.2) is 30.3 Å². The van der Waals surface area contributed by atoms with Crippen LogP contribution >= 0.6 is 0 Å². The SMILES string of the molecule is O=C(O)c1cc2cc([N+](=O)[O-])ccc2cc1[O-]. The van der Waals surface area contributed by atoms with Crippen molar-refractivity contribution >= 4 is 22.4 Å². The second-order valence-corrected chi connectivity index (χ2v) is 3.44. The molecule has 6 nitrogen and oxygen atoms in total. The first-order valence-electron chi connectivity index (χ1n) is 4.61. The Bertz CT molecular complexity index is 635. The van der Waals surface area contributed by atoms with E-state index in [2.05, 4.69) is 0 Å². The Hall–Kier alpha value is -2.63. The van der Waals surface area contributed by atoms with Crippen molar-refractivity contribution in [2.24, 2.45) is 0 Å². The number of rotatable bonds is 2. The lowest BCUT2D eigenvalue weighted by Crippen LogP contribution is -2.03. The van der Waals surface area contributed by atoms with Gasteiger partial charge in [-0.25, -0.2) is 4.79 Å². The van der Waals surface area contributed by atoms with Crippen LogP contribution in [0.3, 0.4) is 0 Å². The molecule has 0 atom stereocenters. The summed E-state index contributed by atoms with van der Waals surface area (Å²) >= 11 is 0. The molecule has 0 saturated heterocycles. The number of fused-ring (bicyclic) bond motifs is 1. The molecular formula is C11H6NO5-. The van der Waals surface area contributed by atoms with Gasteiger partial charge < -0.3 is 10.2 Å². The molecule has 2 aromatic carbocycles. The quantitative estimate of drug-likeness (QED) is 0.624. The molecule has 6 heteroatoms. The average molecular weight is 232 g/mol. The van der Waals surface area contributed by atoms with Gasteiger partial charge >= 0.3 is 5.97 Å². The van der Waals surface area contributed by atoms with Crippen molar-refractivity contribution in [2.75, 3.05) is 0 Å². The minimum absolute atomic E-state index is 0.146. The predicted octanol–water partition coefficient (Wildman–Crippen LogP) is 1.52. The van der Waals surface area contributed by atoms with E-state index in [9.17, 15) is 20.0 Å². The maximum Gasteiger partial charge on any atom is 0.335 e. The number of hydrogen-bond acceptors (Lipinski definition) is 4. The van der Waals surface area contributed by atoms with Crippen LogP contribution in [-0.2, 0) is 0 Å². The van der Waals surface area contributed by atoms with E-state index in [1.54, 1.807) is 0 Å². The molecule has 2 rings (SSSR count). The zero-order chi connectivity index (χ0) is 12.6. The van der Waals surface area contributed by atoms with Crippen molar-refractivity contribution < 1.29 is 19.9 Å². The molecule has 0 aromatic heterocycles. The molecule has 1 N–H and O–H groups in total. The minimum atomic E-state index is -1.34. The normalized spacial score (nSPS) is 10.4.